The van der Waals surface area contributed by atoms with Crippen LogP contribution in [0.25, 0.3) is 22.3 Å². The number of halogens is 2. The average molecular weight is 384 g/mol. The van der Waals surface area contributed by atoms with E-state index < -0.39 is 0 Å². The van der Waals surface area contributed by atoms with Crippen molar-refractivity contribution in [3.05, 3.63) is 81.3 Å². The van der Waals surface area contributed by atoms with Crippen LogP contribution in [0.4, 0.5) is 0 Å². The Balaban J connectivity index is 2.06. The molecule has 2 heteroatoms. The molecule has 23 heavy (non-hydrogen) atoms. The predicted octanol–water partition coefficient (Wildman–Crippen LogP) is 7.08. The zero-order chi connectivity index (χ0) is 16.2. The second-order valence-corrected chi connectivity index (χ2v) is 7.91. The molecule has 1 aliphatic carbocycles. The van der Waals surface area contributed by atoms with E-state index in [1.807, 2.05) is 12.1 Å². The molecular weight excluding hydrogens is 368 g/mol. The Morgan fingerprint density at radius 3 is 2.30 bits per heavy atom. The van der Waals surface area contributed by atoms with Crippen LogP contribution in [0, 0.1) is 0 Å². The second-order valence-electron chi connectivity index (χ2n) is 6.56. The molecule has 0 nitrogen and oxygen atoms in total. The van der Waals surface area contributed by atoms with Gasteiger partial charge >= 0.3 is 0 Å². The van der Waals surface area contributed by atoms with E-state index >= 15 is 0 Å². The number of fused-ring (bicyclic) bond motifs is 3. The minimum absolute atomic E-state index is 0.0255. The van der Waals surface area contributed by atoms with E-state index in [1.165, 1.54) is 27.8 Å². The Hall–Kier alpha value is -1.57. The minimum Gasteiger partial charge on any atom is -0.0843 e. The highest BCUT2D eigenvalue weighted by Gasteiger charge is 2.36. The van der Waals surface area contributed by atoms with Crippen molar-refractivity contribution in [3.63, 3.8) is 0 Å². The van der Waals surface area contributed by atoms with Gasteiger partial charge in [-0.05, 0) is 51.6 Å². The summed E-state index contributed by atoms with van der Waals surface area (Å²) in [5.74, 6) is 0. The smallest absolute Gasteiger partial charge is 0.0423 e. The van der Waals surface area contributed by atoms with Gasteiger partial charge in [-0.15, -0.1) is 0 Å². The van der Waals surface area contributed by atoms with Gasteiger partial charge < -0.3 is 0 Å². The molecule has 4 rings (SSSR count). The monoisotopic (exact) mass is 382 g/mol. The van der Waals surface area contributed by atoms with Crippen LogP contribution in [-0.2, 0) is 5.41 Å². The summed E-state index contributed by atoms with van der Waals surface area (Å²) in [5, 5.41) is 0.748. The first-order valence-corrected chi connectivity index (χ1v) is 8.85. The van der Waals surface area contributed by atoms with Crippen molar-refractivity contribution in [3.8, 4) is 22.3 Å². The predicted molar refractivity (Wildman–Crippen MR) is 102 cm³/mol. The van der Waals surface area contributed by atoms with Gasteiger partial charge in [0.25, 0.3) is 0 Å². The van der Waals surface area contributed by atoms with Crippen LogP contribution in [-0.4, -0.2) is 0 Å². The first-order valence-electron chi connectivity index (χ1n) is 7.68. The Morgan fingerprint density at radius 2 is 1.52 bits per heavy atom. The van der Waals surface area contributed by atoms with E-state index in [-0.39, 0.29) is 5.41 Å². The normalized spacial score (nSPS) is 14.4. The van der Waals surface area contributed by atoms with Crippen molar-refractivity contribution in [1.82, 2.24) is 0 Å². The number of hydrogen-bond acceptors (Lipinski definition) is 0. The molecule has 0 saturated heterocycles. The molecule has 3 aromatic rings. The SMILES string of the molecule is CC1(C)c2ccccc2-c2c(-c3cc(Cl)cc(Br)c3)cccc21. The average Bonchev–Trinajstić information content (AvgIpc) is 2.75. The van der Waals surface area contributed by atoms with Crippen molar-refractivity contribution >= 4 is 27.5 Å². The summed E-state index contributed by atoms with van der Waals surface area (Å²) in [4.78, 5) is 0. The van der Waals surface area contributed by atoms with Crippen LogP contribution in [0.3, 0.4) is 0 Å². The van der Waals surface area contributed by atoms with Crippen LogP contribution >= 0.6 is 27.5 Å². The molecule has 0 radical (unpaired) electrons. The third-order valence-corrected chi connectivity index (χ3v) is 5.46. The highest BCUT2D eigenvalue weighted by Crippen LogP contribution is 2.52. The Kier molecular flexibility index (Phi) is 3.40. The van der Waals surface area contributed by atoms with Gasteiger partial charge in [0.15, 0.2) is 0 Å². The Bertz CT molecular complexity index is 905. The van der Waals surface area contributed by atoms with E-state index in [0.717, 1.165) is 15.1 Å². The molecule has 1 aliphatic rings. The molecule has 0 amide bonds. The van der Waals surface area contributed by atoms with E-state index in [4.69, 9.17) is 11.6 Å². The fraction of sp³-hybridized carbons (Fsp3) is 0.143. The molecule has 0 aromatic heterocycles. The minimum atomic E-state index is 0.0255. The Labute approximate surface area is 150 Å². The van der Waals surface area contributed by atoms with Crippen molar-refractivity contribution in [2.45, 2.75) is 19.3 Å². The summed E-state index contributed by atoms with van der Waals surface area (Å²) in [7, 11) is 0. The molecule has 0 aliphatic heterocycles. The highest BCUT2D eigenvalue weighted by molar-refractivity contribution is 9.10. The van der Waals surface area contributed by atoms with Crippen molar-refractivity contribution in [2.24, 2.45) is 0 Å². The second kappa shape index (κ2) is 5.22. The third kappa shape index (κ3) is 2.26. The van der Waals surface area contributed by atoms with Crippen LogP contribution in [0.5, 0.6) is 0 Å². The number of benzene rings is 3. The number of hydrogen-bond donors (Lipinski definition) is 0. The first-order chi connectivity index (χ1) is 11.0. The van der Waals surface area contributed by atoms with Gasteiger partial charge in [0.05, 0.1) is 0 Å². The molecule has 114 valence electrons. The van der Waals surface area contributed by atoms with Gasteiger partial charge in [0.2, 0.25) is 0 Å². The molecule has 0 unspecified atom stereocenters. The lowest BCUT2D eigenvalue weighted by Gasteiger charge is -2.21. The molecular formula is C21H16BrCl. The van der Waals surface area contributed by atoms with Gasteiger partial charge in [-0.3, -0.25) is 0 Å². The fourth-order valence-corrected chi connectivity index (χ4v) is 4.56. The first kappa shape index (κ1) is 15.0. The fourth-order valence-electron chi connectivity index (χ4n) is 3.70. The summed E-state index contributed by atoms with van der Waals surface area (Å²) in [5.41, 5.74) is 7.85. The van der Waals surface area contributed by atoms with E-state index in [1.54, 1.807) is 0 Å². The summed E-state index contributed by atoms with van der Waals surface area (Å²) in [6.45, 7) is 4.60. The molecule has 0 heterocycles. The summed E-state index contributed by atoms with van der Waals surface area (Å²) in [6.07, 6.45) is 0. The molecule has 0 fully saturated rings. The largest absolute Gasteiger partial charge is 0.0843 e. The van der Waals surface area contributed by atoms with Crippen molar-refractivity contribution in [2.75, 3.05) is 0 Å². The zero-order valence-electron chi connectivity index (χ0n) is 13.0. The van der Waals surface area contributed by atoms with Gasteiger partial charge in [-0.25, -0.2) is 0 Å². The van der Waals surface area contributed by atoms with Crippen molar-refractivity contribution < 1.29 is 0 Å². The maximum atomic E-state index is 6.28. The van der Waals surface area contributed by atoms with Gasteiger partial charge in [0.1, 0.15) is 0 Å². The van der Waals surface area contributed by atoms with Gasteiger partial charge in [-0.1, -0.05) is 83.8 Å². The molecule has 0 spiro atoms. The molecule has 3 aromatic carbocycles. The quantitative estimate of drug-likeness (QED) is 0.421. The summed E-state index contributed by atoms with van der Waals surface area (Å²) in [6, 6.07) is 21.4. The van der Waals surface area contributed by atoms with Crippen LogP contribution in [0.2, 0.25) is 5.02 Å². The van der Waals surface area contributed by atoms with Gasteiger partial charge in [0, 0.05) is 14.9 Å². The third-order valence-electron chi connectivity index (χ3n) is 4.78. The molecule has 0 atom stereocenters. The zero-order valence-corrected chi connectivity index (χ0v) is 15.4. The summed E-state index contributed by atoms with van der Waals surface area (Å²) >= 11 is 9.84. The molecule has 0 bridgehead atoms. The van der Waals surface area contributed by atoms with Crippen molar-refractivity contribution in [1.29, 1.82) is 0 Å². The van der Waals surface area contributed by atoms with Crippen LogP contribution in [0.15, 0.2) is 65.1 Å². The van der Waals surface area contributed by atoms with Gasteiger partial charge in [-0.2, -0.15) is 0 Å². The maximum Gasteiger partial charge on any atom is 0.0423 e. The number of rotatable bonds is 1. The highest BCUT2D eigenvalue weighted by atomic mass is 79.9. The Morgan fingerprint density at radius 1 is 0.826 bits per heavy atom. The lowest BCUT2D eigenvalue weighted by atomic mass is 9.82. The lowest BCUT2D eigenvalue weighted by molar-refractivity contribution is 0.660. The summed E-state index contributed by atoms with van der Waals surface area (Å²) < 4.78 is 1.00. The standard InChI is InChI=1S/C21H16BrCl/c1-21(2)18-8-4-3-6-17(18)20-16(7-5-9-19(20)21)13-10-14(22)12-15(23)11-13/h3-12H,1-2H3. The topological polar surface area (TPSA) is 0 Å². The molecule has 0 saturated carbocycles. The maximum absolute atomic E-state index is 6.28. The van der Waals surface area contributed by atoms with E-state index in [0.29, 0.717) is 0 Å². The van der Waals surface area contributed by atoms with Crippen LogP contribution < -0.4 is 0 Å². The van der Waals surface area contributed by atoms with E-state index in [2.05, 4.69) is 78.3 Å². The lowest BCUT2D eigenvalue weighted by Crippen LogP contribution is -2.14. The molecule has 0 N–H and O–H groups in total. The van der Waals surface area contributed by atoms with Crippen LogP contribution in [0.1, 0.15) is 25.0 Å². The van der Waals surface area contributed by atoms with E-state index in [9.17, 15) is 0 Å².